The first kappa shape index (κ1) is 33.2. The van der Waals surface area contributed by atoms with Crippen molar-refractivity contribution in [2.24, 2.45) is 5.92 Å². The summed E-state index contributed by atoms with van der Waals surface area (Å²) in [5.41, 5.74) is 12.3. The molecule has 1 aliphatic carbocycles. The van der Waals surface area contributed by atoms with Gasteiger partial charge >= 0.3 is 0 Å². The molecule has 4 heterocycles. The molecule has 3 atom stereocenters. The number of rotatable bonds is 2. The van der Waals surface area contributed by atoms with Gasteiger partial charge in [-0.15, -0.1) is 0 Å². The fourth-order valence-electron chi connectivity index (χ4n) is 7.04. The number of hydrogen-bond donors (Lipinski definition) is 1. The maximum Gasteiger partial charge on any atom is 0.135 e. The average Bonchev–Trinajstić information content (AvgIpc) is 3.40. The second-order valence-electron chi connectivity index (χ2n) is 14.0. The molecule has 2 aromatic rings. The number of nitriles is 1. The van der Waals surface area contributed by atoms with Gasteiger partial charge in [-0.3, -0.25) is 4.90 Å². The maximum absolute atomic E-state index is 12.8. The highest BCUT2D eigenvalue weighted by Gasteiger charge is 2.44. The van der Waals surface area contributed by atoms with E-state index in [4.69, 9.17) is 15.7 Å². The van der Waals surface area contributed by atoms with E-state index in [1.54, 1.807) is 0 Å². The van der Waals surface area contributed by atoms with Crippen molar-refractivity contribution in [3.63, 3.8) is 0 Å². The number of nitrogen functional groups attached to an aromatic ring is 1. The van der Waals surface area contributed by atoms with Gasteiger partial charge in [0.15, 0.2) is 0 Å². The smallest absolute Gasteiger partial charge is 0.135 e. The van der Waals surface area contributed by atoms with Crippen LogP contribution >= 0.6 is 0 Å². The van der Waals surface area contributed by atoms with Crippen LogP contribution in [0, 0.1) is 17.2 Å². The van der Waals surface area contributed by atoms with Gasteiger partial charge in [0, 0.05) is 49.3 Å². The summed E-state index contributed by atoms with van der Waals surface area (Å²) in [5.74, 6) is 3.29. The predicted molar refractivity (Wildman–Crippen MR) is 176 cm³/mol. The Hall–Kier alpha value is -2.72. The molecule has 3 saturated heterocycles. The third-order valence-electron chi connectivity index (χ3n) is 9.51. The van der Waals surface area contributed by atoms with Crippen LogP contribution in [0.5, 0.6) is 0 Å². The molecule has 2 N–H and O–H groups in total. The SMILES string of the molecule is CC(C)C.CC12CCCN1CC(F)C2.CCc1nc2c(c(N3CCC3)n1)CCCCCC(C)c1ccc(N)c(C#N)c1C2. The predicted octanol–water partition coefficient (Wildman–Crippen LogP) is 7.76. The number of nitrogens with zero attached hydrogens (tertiary/aromatic N) is 5. The molecule has 1 aromatic heterocycles. The normalized spacial score (nSPS) is 25.0. The zero-order chi connectivity index (χ0) is 31.1. The van der Waals surface area contributed by atoms with Crippen molar-refractivity contribution < 1.29 is 4.39 Å². The first-order chi connectivity index (χ1) is 20.6. The summed E-state index contributed by atoms with van der Waals surface area (Å²) in [7, 11) is 0. The number of aryl methyl sites for hydroxylation is 1. The Bertz CT molecular complexity index is 1260. The number of alkyl halides is 1. The Morgan fingerprint density at radius 3 is 2.44 bits per heavy atom. The third-order valence-corrected chi connectivity index (χ3v) is 9.51. The van der Waals surface area contributed by atoms with E-state index in [0.717, 1.165) is 74.1 Å². The lowest BCUT2D eigenvalue weighted by Gasteiger charge is -2.34. The Labute approximate surface area is 260 Å². The average molecular weight is 591 g/mol. The number of halogens is 1. The molecular formula is C36H55FN6. The molecule has 3 aliphatic heterocycles. The van der Waals surface area contributed by atoms with E-state index in [0.29, 0.717) is 30.1 Å². The minimum atomic E-state index is -0.551. The maximum atomic E-state index is 12.8. The van der Waals surface area contributed by atoms with Crippen molar-refractivity contribution in [1.82, 2.24) is 14.9 Å². The summed E-state index contributed by atoms with van der Waals surface area (Å²) in [6.45, 7) is 17.1. The fraction of sp³-hybridized carbons (Fsp3) is 0.694. The molecule has 6 nitrogen and oxygen atoms in total. The molecule has 4 aliphatic rings. The Kier molecular flexibility index (Phi) is 11.5. The van der Waals surface area contributed by atoms with Crippen LogP contribution in [0.1, 0.15) is 133 Å². The molecule has 7 heteroatoms. The highest BCUT2D eigenvalue weighted by Crippen LogP contribution is 2.39. The minimum absolute atomic E-state index is 0.236. The van der Waals surface area contributed by atoms with Crippen LogP contribution in [-0.2, 0) is 19.3 Å². The molecule has 43 heavy (non-hydrogen) atoms. The van der Waals surface area contributed by atoms with Crippen molar-refractivity contribution in [3.05, 3.63) is 45.9 Å². The molecule has 1 aromatic carbocycles. The molecule has 0 spiro atoms. The highest BCUT2D eigenvalue weighted by atomic mass is 19.1. The lowest BCUT2D eigenvalue weighted by Crippen LogP contribution is -2.39. The molecule has 0 saturated carbocycles. The van der Waals surface area contributed by atoms with Crippen LogP contribution < -0.4 is 10.6 Å². The van der Waals surface area contributed by atoms with Gasteiger partial charge in [-0.05, 0) is 87.4 Å². The standard InChI is InChI=1S/C24H31N5.C8H14FN.C4H10/c1-3-23-27-22-14-19-17(10-11-21(26)20(19)15-25)16(2)8-5-4-6-9-18(22)24(28-23)29-12-7-13-29;1-8-3-2-4-10(8)6-7(9)5-8;1-4(2)3/h10-11,16H,3-9,12-14,26H2,1-2H3;7H,2-6H2,1H3;4H,1-3H3. The summed E-state index contributed by atoms with van der Waals surface area (Å²) in [6.07, 6.45) is 11.1. The number of nitrogens with two attached hydrogens (primary N) is 1. The number of benzene rings is 1. The van der Waals surface area contributed by atoms with Gasteiger partial charge in [0.1, 0.15) is 23.9 Å². The molecule has 236 valence electrons. The van der Waals surface area contributed by atoms with Crippen LogP contribution in [0.15, 0.2) is 12.1 Å². The summed E-state index contributed by atoms with van der Waals surface area (Å²) in [5, 5.41) is 9.87. The second-order valence-corrected chi connectivity index (χ2v) is 14.0. The third kappa shape index (κ3) is 8.06. The van der Waals surface area contributed by atoms with E-state index in [9.17, 15) is 9.65 Å². The van der Waals surface area contributed by atoms with Gasteiger partial charge in [-0.2, -0.15) is 5.26 Å². The van der Waals surface area contributed by atoms with Gasteiger partial charge in [0.05, 0.1) is 11.3 Å². The van der Waals surface area contributed by atoms with E-state index in [1.165, 1.54) is 49.7 Å². The number of fused-ring (bicyclic) bond motifs is 3. The van der Waals surface area contributed by atoms with E-state index >= 15 is 0 Å². The lowest BCUT2D eigenvalue weighted by molar-refractivity contribution is 0.217. The fourth-order valence-corrected chi connectivity index (χ4v) is 7.04. The lowest BCUT2D eigenvalue weighted by atomic mass is 9.86. The molecule has 0 radical (unpaired) electrons. The van der Waals surface area contributed by atoms with Crippen LogP contribution in [0.3, 0.4) is 0 Å². The van der Waals surface area contributed by atoms with Crippen molar-refractivity contribution >= 4 is 11.5 Å². The topological polar surface area (TPSA) is 82.1 Å². The van der Waals surface area contributed by atoms with E-state index in [-0.39, 0.29) is 5.54 Å². The molecule has 3 unspecified atom stereocenters. The zero-order valence-electron chi connectivity index (χ0n) is 27.7. The van der Waals surface area contributed by atoms with Gasteiger partial charge in [-0.25, -0.2) is 14.4 Å². The van der Waals surface area contributed by atoms with Crippen molar-refractivity contribution in [2.45, 2.75) is 130 Å². The van der Waals surface area contributed by atoms with Crippen LogP contribution in [0.2, 0.25) is 0 Å². The molecule has 0 bridgehead atoms. The zero-order valence-corrected chi connectivity index (χ0v) is 27.7. The number of anilines is 2. The first-order valence-corrected chi connectivity index (χ1v) is 16.9. The van der Waals surface area contributed by atoms with Crippen LogP contribution in [0.4, 0.5) is 15.9 Å². The van der Waals surface area contributed by atoms with Gasteiger partial charge < -0.3 is 10.6 Å². The van der Waals surface area contributed by atoms with Crippen LogP contribution in [0.25, 0.3) is 0 Å². The van der Waals surface area contributed by atoms with Gasteiger partial charge in [0.25, 0.3) is 0 Å². The quantitative estimate of drug-likeness (QED) is 0.360. The van der Waals surface area contributed by atoms with E-state index in [2.05, 4.69) is 63.5 Å². The van der Waals surface area contributed by atoms with Crippen molar-refractivity contribution in [1.29, 1.82) is 5.26 Å². The molecule has 3 fully saturated rings. The molecule has 0 amide bonds. The van der Waals surface area contributed by atoms with E-state index in [1.807, 2.05) is 6.07 Å². The van der Waals surface area contributed by atoms with E-state index < -0.39 is 6.17 Å². The molecular weight excluding hydrogens is 535 g/mol. The summed E-state index contributed by atoms with van der Waals surface area (Å²) >= 11 is 0. The van der Waals surface area contributed by atoms with Crippen molar-refractivity contribution in [3.8, 4) is 6.07 Å². The minimum Gasteiger partial charge on any atom is -0.398 e. The Morgan fingerprint density at radius 2 is 1.81 bits per heavy atom. The van der Waals surface area contributed by atoms with Crippen LogP contribution in [-0.4, -0.2) is 52.8 Å². The van der Waals surface area contributed by atoms with Crippen molar-refractivity contribution in [2.75, 3.05) is 36.8 Å². The number of hydrogen-bond acceptors (Lipinski definition) is 6. The van der Waals surface area contributed by atoms with Gasteiger partial charge in [-0.1, -0.05) is 53.5 Å². The highest BCUT2D eigenvalue weighted by molar-refractivity contribution is 5.62. The Balaban J connectivity index is 0.000000248. The Morgan fingerprint density at radius 1 is 1.07 bits per heavy atom. The largest absolute Gasteiger partial charge is 0.398 e. The second kappa shape index (κ2) is 14.8. The summed E-state index contributed by atoms with van der Waals surface area (Å²) < 4.78 is 12.8. The molecule has 6 rings (SSSR count). The summed E-state index contributed by atoms with van der Waals surface area (Å²) in [6, 6.07) is 6.42. The first-order valence-electron chi connectivity index (χ1n) is 16.9. The van der Waals surface area contributed by atoms with Gasteiger partial charge in [0.2, 0.25) is 0 Å². The summed E-state index contributed by atoms with van der Waals surface area (Å²) in [4.78, 5) is 14.6. The monoisotopic (exact) mass is 590 g/mol. The number of aromatic nitrogens is 2.